The van der Waals surface area contributed by atoms with Gasteiger partial charge in [-0.15, -0.1) is 0 Å². The van der Waals surface area contributed by atoms with E-state index in [-0.39, 0.29) is 12.1 Å². The predicted octanol–water partition coefficient (Wildman–Crippen LogP) is 5.91. The van der Waals surface area contributed by atoms with E-state index in [4.69, 9.17) is 16.3 Å². The van der Waals surface area contributed by atoms with Crippen LogP contribution in [0.15, 0.2) is 60.7 Å². The highest BCUT2D eigenvalue weighted by atomic mass is 35.5. The summed E-state index contributed by atoms with van der Waals surface area (Å²) in [6.45, 7) is 4.35. The van der Waals surface area contributed by atoms with Crippen molar-refractivity contribution in [2.45, 2.75) is 25.9 Å². The van der Waals surface area contributed by atoms with Crippen LogP contribution >= 0.6 is 11.6 Å². The minimum absolute atomic E-state index is 0.183. The molecule has 2 nitrogen and oxygen atoms in total. The molecule has 3 aromatic rings. The average molecular weight is 340 g/mol. The van der Waals surface area contributed by atoms with Crippen LogP contribution in [-0.4, -0.2) is 7.11 Å². The van der Waals surface area contributed by atoms with Gasteiger partial charge < -0.3 is 10.1 Å². The number of nitrogens with one attached hydrogen (secondary N) is 1. The summed E-state index contributed by atoms with van der Waals surface area (Å²) in [6, 6.07) is 21.3. The van der Waals surface area contributed by atoms with E-state index in [0.717, 1.165) is 5.56 Å². The van der Waals surface area contributed by atoms with Gasteiger partial charge in [0.1, 0.15) is 5.75 Å². The van der Waals surface area contributed by atoms with E-state index in [1.807, 2.05) is 12.1 Å². The van der Waals surface area contributed by atoms with Crippen LogP contribution in [0.4, 0.5) is 0 Å². The van der Waals surface area contributed by atoms with Crippen molar-refractivity contribution in [2.24, 2.45) is 0 Å². The minimum atomic E-state index is 0.183. The Balaban J connectivity index is 1.83. The molecule has 0 heterocycles. The number of hydrogen-bond donors (Lipinski definition) is 1. The molecule has 0 saturated heterocycles. The van der Waals surface area contributed by atoms with Gasteiger partial charge in [-0.3, -0.25) is 0 Å². The first-order valence-electron chi connectivity index (χ1n) is 8.17. The van der Waals surface area contributed by atoms with Gasteiger partial charge in [-0.05, 0) is 47.9 Å². The van der Waals surface area contributed by atoms with Crippen LogP contribution in [0, 0.1) is 0 Å². The number of benzene rings is 3. The molecule has 124 valence electrons. The molecule has 0 unspecified atom stereocenters. The third kappa shape index (κ3) is 3.40. The summed E-state index contributed by atoms with van der Waals surface area (Å²) in [4.78, 5) is 0. The number of rotatable bonds is 5. The highest BCUT2D eigenvalue weighted by Crippen LogP contribution is 2.30. The standard InChI is InChI=1S/C21H22ClNO/c1-14(17-11-12-21(24-3)20(22)13-17)23-15(2)18-10-6-8-16-7-4-5-9-19(16)18/h4-15,23H,1-3H3/t14-,15-/m1/s1. The SMILES string of the molecule is COc1ccc([C@@H](C)N[C@H](C)c2cccc3ccccc23)cc1Cl. The fourth-order valence-corrected chi connectivity index (χ4v) is 3.41. The highest BCUT2D eigenvalue weighted by Gasteiger charge is 2.14. The Kier molecular flexibility index (Phi) is 5.08. The van der Waals surface area contributed by atoms with Gasteiger partial charge in [0.25, 0.3) is 0 Å². The lowest BCUT2D eigenvalue weighted by molar-refractivity contribution is 0.414. The fourth-order valence-electron chi connectivity index (χ4n) is 3.14. The van der Waals surface area contributed by atoms with Gasteiger partial charge in [0.2, 0.25) is 0 Å². The lowest BCUT2D eigenvalue weighted by Crippen LogP contribution is -2.22. The largest absolute Gasteiger partial charge is 0.495 e. The number of halogens is 1. The molecule has 3 aromatic carbocycles. The molecule has 0 amide bonds. The second-order valence-corrected chi connectivity index (χ2v) is 6.48. The second-order valence-electron chi connectivity index (χ2n) is 6.07. The Labute approximate surface area is 148 Å². The Morgan fingerprint density at radius 2 is 1.67 bits per heavy atom. The topological polar surface area (TPSA) is 21.3 Å². The van der Waals surface area contributed by atoms with Crippen LogP contribution in [0.25, 0.3) is 10.8 Å². The summed E-state index contributed by atoms with van der Waals surface area (Å²) in [6.07, 6.45) is 0. The molecule has 0 fully saturated rings. The maximum absolute atomic E-state index is 6.25. The molecule has 2 atom stereocenters. The Bertz CT molecular complexity index is 841. The van der Waals surface area contributed by atoms with Crippen molar-refractivity contribution < 1.29 is 4.74 Å². The number of ether oxygens (including phenoxy) is 1. The lowest BCUT2D eigenvalue weighted by atomic mass is 9.98. The zero-order chi connectivity index (χ0) is 17.1. The maximum Gasteiger partial charge on any atom is 0.137 e. The van der Waals surface area contributed by atoms with Crippen molar-refractivity contribution in [3.8, 4) is 5.75 Å². The summed E-state index contributed by atoms with van der Waals surface area (Å²) in [7, 11) is 1.63. The third-order valence-electron chi connectivity index (χ3n) is 4.47. The van der Waals surface area contributed by atoms with E-state index in [0.29, 0.717) is 10.8 Å². The molecular formula is C21H22ClNO. The van der Waals surface area contributed by atoms with Gasteiger partial charge in [0.15, 0.2) is 0 Å². The van der Waals surface area contributed by atoms with Gasteiger partial charge in [-0.25, -0.2) is 0 Å². The molecule has 0 aliphatic rings. The Morgan fingerprint density at radius 1 is 0.917 bits per heavy atom. The Hall–Kier alpha value is -2.03. The zero-order valence-corrected chi connectivity index (χ0v) is 15.0. The molecule has 1 N–H and O–H groups in total. The minimum Gasteiger partial charge on any atom is -0.495 e. The summed E-state index contributed by atoms with van der Waals surface area (Å²) in [5.41, 5.74) is 2.45. The van der Waals surface area contributed by atoms with Gasteiger partial charge in [0.05, 0.1) is 12.1 Å². The molecule has 0 aliphatic heterocycles. The van der Waals surface area contributed by atoms with Crippen molar-refractivity contribution in [3.05, 3.63) is 76.8 Å². The van der Waals surface area contributed by atoms with Crippen LogP contribution in [0.1, 0.15) is 37.1 Å². The van der Waals surface area contributed by atoms with E-state index in [1.165, 1.54) is 16.3 Å². The van der Waals surface area contributed by atoms with Gasteiger partial charge in [-0.1, -0.05) is 60.1 Å². The molecule has 0 saturated carbocycles. The molecule has 24 heavy (non-hydrogen) atoms. The molecule has 0 spiro atoms. The van der Waals surface area contributed by atoms with Crippen molar-refractivity contribution in [1.29, 1.82) is 0 Å². The summed E-state index contributed by atoms with van der Waals surface area (Å²) < 4.78 is 5.23. The van der Waals surface area contributed by atoms with E-state index < -0.39 is 0 Å². The molecule has 0 radical (unpaired) electrons. The van der Waals surface area contributed by atoms with Crippen LogP contribution in [0.3, 0.4) is 0 Å². The third-order valence-corrected chi connectivity index (χ3v) is 4.76. The van der Waals surface area contributed by atoms with E-state index >= 15 is 0 Å². The van der Waals surface area contributed by atoms with Gasteiger partial charge >= 0.3 is 0 Å². The highest BCUT2D eigenvalue weighted by molar-refractivity contribution is 6.32. The molecule has 0 aromatic heterocycles. The van der Waals surface area contributed by atoms with Gasteiger partial charge in [-0.2, -0.15) is 0 Å². The van der Waals surface area contributed by atoms with Crippen molar-refractivity contribution in [3.63, 3.8) is 0 Å². The molecule has 0 bridgehead atoms. The first kappa shape index (κ1) is 16.8. The van der Waals surface area contributed by atoms with Crippen LogP contribution in [-0.2, 0) is 0 Å². The number of hydrogen-bond acceptors (Lipinski definition) is 2. The molecule has 3 rings (SSSR count). The number of methoxy groups -OCH3 is 1. The molecule has 3 heteroatoms. The molecule has 0 aliphatic carbocycles. The summed E-state index contributed by atoms with van der Waals surface area (Å²) >= 11 is 6.25. The summed E-state index contributed by atoms with van der Waals surface area (Å²) in [5.74, 6) is 0.703. The van der Waals surface area contributed by atoms with Gasteiger partial charge in [0, 0.05) is 12.1 Å². The lowest BCUT2D eigenvalue weighted by Gasteiger charge is -2.22. The molecular weight excluding hydrogens is 318 g/mol. The second kappa shape index (κ2) is 7.25. The average Bonchev–Trinajstić information content (AvgIpc) is 2.61. The monoisotopic (exact) mass is 339 g/mol. The first-order chi connectivity index (χ1) is 11.6. The maximum atomic E-state index is 6.25. The fraction of sp³-hybridized carbons (Fsp3) is 0.238. The Morgan fingerprint density at radius 3 is 2.42 bits per heavy atom. The first-order valence-corrected chi connectivity index (χ1v) is 8.55. The van der Waals surface area contributed by atoms with Crippen molar-refractivity contribution in [1.82, 2.24) is 5.32 Å². The van der Waals surface area contributed by atoms with E-state index in [2.05, 4.69) is 67.7 Å². The number of fused-ring (bicyclic) bond motifs is 1. The smallest absolute Gasteiger partial charge is 0.137 e. The zero-order valence-electron chi connectivity index (χ0n) is 14.2. The van der Waals surface area contributed by atoms with Crippen LogP contribution in [0.5, 0.6) is 5.75 Å². The normalized spacial score (nSPS) is 13.7. The van der Waals surface area contributed by atoms with E-state index in [9.17, 15) is 0 Å². The van der Waals surface area contributed by atoms with E-state index in [1.54, 1.807) is 7.11 Å². The van der Waals surface area contributed by atoms with Crippen LogP contribution in [0.2, 0.25) is 5.02 Å². The summed E-state index contributed by atoms with van der Waals surface area (Å²) in [5, 5.41) is 6.87. The van der Waals surface area contributed by atoms with Crippen molar-refractivity contribution in [2.75, 3.05) is 7.11 Å². The quantitative estimate of drug-likeness (QED) is 0.623. The predicted molar refractivity (Wildman–Crippen MR) is 102 cm³/mol. The van der Waals surface area contributed by atoms with Crippen molar-refractivity contribution >= 4 is 22.4 Å². The van der Waals surface area contributed by atoms with Crippen LogP contribution < -0.4 is 10.1 Å².